The molecule has 1 aliphatic heterocycles. The van der Waals surface area contributed by atoms with Crippen LogP contribution in [0.5, 0.6) is 0 Å². The summed E-state index contributed by atoms with van der Waals surface area (Å²) in [5.74, 6) is 0. The summed E-state index contributed by atoms with van der Waals surface area (Å²) in [6.07, 6.45) is 0.694. The van der Waals surface area contributed by atoms with Crippen molar-refractivity contribution >= 4 is 12.4 Å². The molecule has 1 fully saturated rings. The van der Waals surface area contributed by atoms with Crippen LogP contribution in [0.2, 0.25) is 0 Å². The predicted octanol–water partition coefficient (Wildman–Crippen LogP) is 0.673. The largest absolute Gasteiger partial charge is 0.314 e. The number of rotatable bonds is 3. The fraction of sp³-hybridized carbons (Fsp3) is 1.00. The Balaban J connectivity index is 0.000001000. The summed E-state index contributed by atoms with van der Waals surface area (Å²) in [6, 6.07) is 0. The second-order valence-electron chi connectivity index (χ2n) is 2.63. The van der Waals surface area contributed by atoms with E-state index in [9.17, 15) is 4.39 Å². The topological polar surface area (TPSA) is 15.3 Å². The SMILES string of the molecule is Cl.FCCCN1CCNCC1. The van der Waals surface area contributed by atoms with E-state index in [1.54, 1.807) is 0 Å². The van der Waals surface area contributed by atoms with Gasteiger partial charge < -0.3 is 10.2 Å². The fourth-order valence-electron chi connectivity index (χ4n) is 1.22. The lowest BCUT2D eigenvalue weighted by molar-refractivity contribution is 0.230. The lowest BCUT2D eigenvalue weighted by atomic mass is 10.3. The molecule has 0 bridgehead atoms. The standard InChI is InChI=1S/C7H15FN2.ClH/c8-2-1-5-10-6-3-9-4-7-10;/h9H,1-7H2;1H. The van der Waals surface area contributed by atoms with Gasteiger partial charge in [0, 0.05) is 32.7 Å². The highest BCUT2D eigenvalue weighted by atomic mass is 35.5. The lowest BCUT2D eigenvalue weighted by Gasteiger charge is -2.26. The molecule has 68 valence electrons. The Morgan fingerprint density at radius 1 is 1.27 bits per heavy atom. The van der Waals surface area contributed by atoms with Crippen molar-refractivity contribution in [3.63, 3.8) is 0 Å². The number of piperazine rings is 1. The normalized spacial score (nSPS) is 19.4. The molecule has 1 N–H and O–H groups in total. The Hall–Kier alpha value is 0.140. The van der Waals surface area contributed by atoms with E-state index in [0.29, 0.717) is 6.42 Å². The van der Waals surface area contributed by atoms with Crippen molar-refractivity contribution in [2.75, 3.05) is 39.4 Å². The third-order valence-corrected chi connectivity index (χ3v) is 1.82. The molecule has 0 unspecified atom stereocenters. The molecule has 0 atom stereocenters. The van der Waals surface area contributed by atoms with Gasteiger partial charge in [0.25, 0.3) is 0 Å². The highest BCUT2D eigenvalue weighted by Crippen LogP contribution is 1.93. The van der Waals surface area contributed by atoms with Gasteiger partial charge in [-0.3, -0.25) is 4.39 Å². The van der Waals surface area contributed by atoms with Crippen molar-refractivity contribution in [3.8, 4) is 0 Å². The van der Waals surface area contributed by atoms with Crippen molar-refractivity contribution in [3.05, 3.63) is 0 Å². The van der Waals surface area contributed by atoms with Gasteiger partial charge >= 0.3 is 0 Å². The molecule has 0 aromatic heterocycles. The van der Waals surface area contributed by atoms with Crippen LogP contribution in [0.3, 0.4) is 0 Å². The highest BCUT2D eigenvalue weighted by molar-refractivity contribution is 5.85. The number of hydrogen-bond donors (Lipinski definition) is 1. The zero-order chi connectivity index (χ0) is 7.23. The van der Waals surface area contributed by atoms with Crippen molar-refractivity contribution in [2.45, 2.75) is 6.42 Å². The van der Waals surface area contributed by atoms with Gasteiger partial charge in [-0.05, 0) is 6.42 Å². The molecule has 0 spiro atoms. The van der Waals surface area contributed by atoms with E-state index >= 15 is 0 Å². The summed E-state index contributed by atoms with van der Waals surface area (Å²) in [6.45, 7) is 5.04. The molecule has 1 rings (SSSR count). The Kier molecular flexibility index (Phi) is 6.91. The number of alkyl halides is 1. The van der Waals surface area contributed by atoms with E-state index in [1.807, 2.05) is 0 Å². The number of hydrogen-bond acceptors (Lipinski definition) is 2. The average molecular weight is 183 g/mol. The fourth-order valence-corrected chi connectivity index (χ4v) is 1.22. The summed E-state index contributed by atoms with van der Waals surface area (Å²) in [7, 11) is 0. The molecular weight excluding hydrogens is 167 g/mol. The van der Waals surface area contributed by atoms with Crippen molar-refractivity contribution in [1.29, 1.82) is 0 Å². The highest BCUT2D eigenvalue weighted by Gasteiger charge is 2.07. The minimum atomic E-state index is -0.177. The molecule has 1 saturated heterocycles. The Morgan fingerprint density at radius 2 is 1.91 bits per heavy atom. The second-order valence-corrected chi connectivity index (χ2v) is 2.63. The predicted molar refractivity (Wildman–Crippen MR) is 47.1 cm³/mol. The van der Waals surface area contributed by atoms with Crippen LogP contribution in [0.1, 0.15) is 6.42 Å². The van der Waals surface area contributed by atoms with Crippen molar-refractivity contribution < 1.29 is 4.39 Å². The Bertz CT molecular complexity index is 86.5. The summed E-state index contributed by atoms with van der Waals surface area (Å²) in [5.41, 5.74) is 0. The van der Waals surface area contributed by atoms with E-state index in [4.69, 9.17) is 0 Å². The molecule has 11 heavy (non-hydrogen) atoms. The van der Waals surface area contributed by atoms with Crippen LogP contribution in [-0.4, -0.2) is 44.3 Å². The van der Waals surface area contributed by atoms with Crippen LogP contribution in [0.4, 0.5) is 4.39 Å². The molecule has 1 aliphatic rings. The Labute approximate surface area is 73.6 Å². The minimum Gasteiger partial charge on any atom is -0.314 e. The lowest BCUT2D eigenvalue weighted by Crippen LogP contribution is -2.43. The summed E-state index contributed by atoms with van der Waals surface area (Å²) < 4.78 is 11.7. The van der Waals surface area contributed by atoms with Crippen LogP contribution in [0.15, 0.2) is 0 Å². The molecule has 0 amide bonds. The van der Waals surface area contributed by atoms with Crippen molar-refractivity contribution in [1.82, 2.24) is 10.2 Å². The van der Waals surface area contributed by atoms with Gasteiger partial charge in [0.2, 0.25) is 0 Å². The first-order valence-electron chi connectivity index (χ1n) is 3.92. The summed E-state index contributed by atoms with van der Waals surface area (Å²) in [4.78, 5) is 2.30. The maximum Gasteiger partial charge on any atom is 0.0906 e. The molecule has 0 aliphatic carbocycles. The van der Waals surface area contributed by atoms with Gasteiger partial charge in [-0.1, -0.05) is 0 Å². The third-order valence-electron chi connectivity index (χ3n) is 1.82. The average Bonchev–Trinajstić information content (AvgIpc) is 2.03. The van der Waals surface area contributed by atoms with E-state index in [-0.39, 0.29) is 19.1 Å². The minimum absolute atomic E-state index is 0. The maximum absolute atomic E-state index is 11.7. The zero-order valence-electron chi connectivity index (χ0n) is 6.68. The smallest absolute Gasteiger partial charge is 0.0906 e. The van der Waals surface area contributed by atoms with Crippen molar-refractivity contribution in [2.24, 2.45) is 0 Å². The number of nitrogens with zero attached hydrogens (tertiary/aromatic N) is 1. The van der Waals surface area contributed by atoms with Crippen LogP contribution < -0.4 is 5.32 Å². The maximum atomic E-state index is 11.7. The monoisotopic (exact) mass is 182 g/mol. The van der Waals surface area contributed by atoms with Crippen LogP contribution in [0, 0.1) is 0 Å². The van der Waals surface area contributed by atoms with Gasteiger partial charge in [0.1, 0.15) is 0 Å². The van der Waals surface area contributed by atoms with Crippen LogP contribution in [0.25, 0.3) is 0 Å². The van der Waals surface area contributed by atoms with Crippen LogP contribution in [-0.2, 0) is 0 Å². The molecule has 1 heterocycles. The molecule has 0 aromatic rings. The molecule has 0 aromatic carbocycles. The van der Waals surface area contributed by atoms with Gasteiger partial charge in [-0.2, -0.15) is 0 Å². The van der Waals surface area contributed by atoms with Crippen LogP contribution >= 0.6 is 12.4 Å². The summed E-state index contributed by atoms with van der Waals surface area (Å²) >= 11 is 0. The number of halogens is 2. The van der Waals surface area contributed by atoms with Gasteiger partial charge in [0.15, 0.2) is 0 Å². The van der Waals surface area contributed by atoms with Gasteiger partial charge in [-0.15, -0.1) is 12.4 Å². The molecular formula is C7H16ClFN2. The Morgan fingerprint density at radius 3 is 2.45 bits per heavy atom. The molecule has 0 radical (unpaired) electrons. The van der Waals surface area contributed by atoms with E-state index in [1.165, 1.54) is 0 Å². The van der Waals surface area contributed by atoms with E-state index in [2.05, 4.69) is 10.2 Å². The molecule has 4 heteroatoms. The third kappa shape index (κ3) is 4.56. The summed E-state index contributed by atoms with van der Waals surface area (Å²) in [5, 5.41) is 3.26. The molecule has 0 saturated carbocycles. The number of nitrogens with one attached hydrogen (secondary N) is 1. The van der Waals surface area contributed by atoms with E-state index < -0.39 is 0 Å². The molecule has 2 nitrogen and oxygen atoms in total. The van der Waals surface area contributed by atoms with Gasteiger partial charge in [0.05, 0.1) is 6.67 Å². The van der Waals surface area contributed by atoms with E-state index in [0.717, 1.165) is 32.7 Å². The first kappa shape index (κ1) is 11.1. The first-order chi connectivity index (χ1) is 4.93. The quantitative estimate of drug-likeness (QED) is 0.691. The first-order valence-corrected chi connectivity index (χ1v) is 3.92. The second kappa shape index (κ2) is 6.83. The van der Waals surface area contributed by atoms with Gasteiger partial charge in [-0.25, -0.2) is 0 Å². The zero-order valence-corrected chi connectivity index (χ0v) is 7.50.